The number of rotatable bonds is 9. The predicted octanol–water partition coefficient (Wildman–Crippen LogP) is 3.09. The zero-order valence-electron chi connectivity index (χ0n) is 14.7. The zero-order valence-corrected chi connectivity index (χ0v) is 14.7. The first-order valence-corrected chi connectivity index (χ1v) is 8.42. The molecule has 8 nitrogen and oxygen atoms in total. The van der Waals surface area contributed by atoms with E-state index in [4.69, 9.17) is 4.52 Å². The molecule has 1 aromatic heterocycles. The average molecular weight is 348 g/mol. The third-order valence-electron chi connectivity index (χ3n) is 3.91. The van der Waals surface area contributed by atoms with E-state index in [1.807, 2.05) is 20.8 Å². The Morgan fingerprint density at radius 2 is 2.00 bits per heavy atom. The van der Waals surface area contributed by atoms with Gasteiger partial charge < -0.3 is 14.9 Å². The summed E-state index contributed by atoms with van der Waals surface area (Å²) in [6.45, 7) is 6.53. The molecule has 0 aliphatic rings. The number of aliphatic hydroxyl groups is 1. The van der Waals surface area contributed by atoms with Crippen molar-refractivity contribution < 1.29 is 14.6 Å². The van der Waals surface area contributed by atoms with Crippen LogP contribution in [0, 0.1) is 16.0 Å². The lowest BCUT2D eigenvalue weighted by Crippen LogP contribution is -2.33. The fraction of sp³-hybridized carbons (Fsp3) is 0.529. The maximum atomic E-state index is 10.7. The second-order valence-electron chi connectivity index (χ2n) is 6.33. The zero-order chi connectivity index (χ0) is 18.4. The quantitative estimate of drug-likeness (QED) is 0.528. The molecule has 2 rings (SSSR count). The Morgan fingerprint density at radius 3 is 2.56 bits per heavy atom. The highest BCUT2D eigenvalue weighted by molar-refractivity contribution is 5.56. The van der Waals surface area contributed by atoms with Crippen molar-refractivity contribution >= 4 is 5.69 Å². The highest BCUT2D eigenvalue weighted by atomic mass is 16.6. The van der Waals surface area contributed by atoms with Crippen molar-refractivity contribution in [2.75, 3.05) is 6.54 Å². The van der Waals surface area contributed by atoms with E-state index in [0.717, 1.165) is 12.8 Å². The molecular formula is C17H24N4O4. The van der Waals surface area contributed by atoms with Crippen LogP contribution in [-0.4, -0.2) is 32.8 Å². The third kappa shape index (κ3) is 5.07. The number of hydrogen-bond donors (Lipinski definition) is 2. The number of nitrogens with zero attached hydrogens (tertiary/aromatic N) is 3. The fourth-order valence-electron chi connectivity index (χ4n) is 2.52. The molecule has 8 heteroatoms. The summed E-state index contributed by atoms with van der Waals surface area (Å²) < 4.78 is 5.37. The van der Waals surface area contributed by atoms with Crippen molar-refractivity contribution in [3.63, 3.8) is 0 Å². The molecule has 0 aliphatic heterocycles. The second kappa shape index (κ2) is 8.68. The van der Waals surface area contributed by atoms with Crippen LogP contribution in [0.15, 0.2) is 28.8 Å². The minimum Gasteiger partial charge on any atom is -0.392 e. The Hall–Kier alpha value is -2.32. The van der Waals surface area contributed by atoms with Crippen molar-refractivity contribution in [1.82, 2.24) is 15.5 Å². The lowest BCUT2D eigenvalue weighted by atomic mass is 10.0. The fourth-order valence-corrected chi connectivity index (χ4v) is 2.52. The van der Waals surface area contributed by atoms with Crippen molar-refractivity contribution in [2.24, 2.45) is 5.92 Å². The topological polar surface area (TPSA) is 114 Å². The van der Waals surface area contributed by atoms with Crippen LogP contribution in [0.25, 0.3) is 11.4 Å². The Labute approximate surface area is 146 Å². The van der Waals surface area contributed by atoms with Crippen LogP contribution in [0.5, 0.6) is 0 Å². The highest BCUT2D eigenvalue weighted by Gasteiger charge is 2.23. The van der Waals surface area contributed by atoms with Crippen molar-refractivity contribution in [1.29, 1.82) is 0 Å². The third-order valence-corrected chi connectivity index (χ3v) is 3.91. The molecule has 0 aliphatic carbocycles. The summed E-state index contributed by atoms with van der Waals surface area (Å²) in [5, 5.41) is 27.9. The summed E-state index contributed by atoms with van der Waals surface area (Å²) >= 11 is 0. The van der Waals surface area contributed by atoms with E-state index in [1.165, 1.54) is 12.1 Å². The Balaban J connectivity index is 2.12. The van der Waals surface area contributed by atoms with Gasteiger partial charge in [0.25, 0.3) is 5.69 Å². The molecule has 0 bridgehead atoms. The summed E-state index contributed by atoms with van der Waals surface area (Å²) in [5.74, 6) is 1.01. The molecule has 1 heterocycles. The van der Waals surface area contributed by atoms with Gasteiger partial charge in [-0.2, -0.15) is 4.98 Å². The Morgan fingerprint density at radius 1 is 1.32 bits per heavy atom. The molecule has 2 aromatic rings. The molecule has 0 radical (unpaired) electrons. The molecule has 0 spiro atoms. The van der Waals surface area contributed by atoms with Gasteiger partial charge in [0.1, 0.15) is 0 Å². The lowest BCUT2D eigenvalue weighted by molar-refractivity contribution is -0.384. The lowest BCUT2D eigenvalue weighted by Gasteiger charge is -2.20. The van der Waals surface area contributed by atoms with E-state index >= 15 is 0 Å². The highest BCUT2D eigenvalue weighted by Crippen LogP contribution is 2.24. The summed E-state index contributed by atoms with van der Waals surface area (Å²) in [6.07, 6.45) is 1.23. The van der Waals surface area contributed by atoms with Gasteiger partial charge in [-0.1, -0.05) is 32.3 Å². The molecule has 1 aromatic carbocycles. The van der Waals surface area contributed by atoms with Gasteiger partial charge in [-0.25, -0.2) is 0 Å². The molecule has 0 saturated carbocycles. The van der Waals surface area contributed by atoms with Gasteiger partial charge in [0.2, 0.25) is 11.7 Å². The normalized spacial score (nSPS) is 13.8. The molecule has 0 amide bonds. The molecule has 0 fully saturated rings. The van der Waals surface area contributed by atoms with Gasteiger partial charge in [-0.15, -0.1) is 0 Å². The summed E-state index contributed by atoms with van der Waals surface area (Å²) in [7, 11) is 0. The van der Waals surface area contributed by atoms with Gasteiger partial charge in [0.05, 0.1) is 17.1 Å². The summed E-state index contributed by atoms with van der Waals surface area (Å²) in [5.41, 5.74) is 0.660. The first kappa shape index (κ1) is 19.0. The van der Waals surface area contributed by atoms with Crippen molar-refractivity contribution in [3.8, 4) is 11.4 Å². The number of benzene rings is 1. The van der Waals surface area contributed by atoms with Crippen molar-refractivity contribution in [2.45, 2.75) is 45.8 Å². The summed E-state index contributed by atoms with van der Waals surface area (Å²) in [6, 6.07) is 5.83. The Bertz CT molecular complexity index is 684. The van der Waals surface area contributed by atoms with Crippen LogP contribution in [0.1, 0.15) is 45.5 Å². The smallest absolute Gasteiger partial charge is 0.269 e. The molecule has 2 N–H and O–H groups in total. The van der Waals surface area contributed by atoms with Crippen LogP contribution < -0.4 is 5.32 Å². The van der Waals surface area contributed by atoms with Gasteiger partial charge in [-0.3, -0.25) is 10.1 Å². The maximum absolute atomic E-state index is 10.7. The number of aliphatic hydroxyl groups excluding tert-OH is 1. The number of non-ortho nitro benzene ring substituents is 1. The number of hydrogen-bond acceptors (Lipinski definition) is 7. The van der Waals surface area contributed by atoms with E-state index in [9.17, 15) is 15.2 Å². The minimum absolute atomic E-state index is 0.0131. The van der Waals surface area contributed by atoms with Crippen LogP contribution >= 0.6 is 0 Å². The maximum Gasteiger partial charge on any atom is 0.269 e. The number of aromatic nitrogens is 2. The average Bonchev–Trinajstić information content (AvgIpc) is 3.04. The van der Waals surface area contributed by atoms with Crippen LogP contribution in [0.4, 0.5) is 5.69 Å². The number of nitro benzene ring substituents is 1. The minimum atomic E-state index is -0.453. The van der Waals surface area contributed by atoms with Crippen LogP contribution in [-0.2, 0) is 0 Å². The number of nitrogens with one attached hydrogen (secondary N) is 1. The predicted molar refractivity (Wildman–Crippen MR) is 92.9 cm³/mol. The molecule has 0 unspecified atom stereocenters. The molecule has 2 atom stereocenters. The van der Waals surface area contributed by atoms with Gasteiger partial charge in [0.15, 0.2) is 0 Å². The SMILES string of the molecule is CCC[C@H](O)CN[C@H](c1nc(-c2ccc([N+](=O)[O-])cc2)no1)C(C)C. The molecular weight excluding hydrogens is 324 g/mol. The van der Waals surface area contributed by atoms with E-state index in [1.54, 1.807) is 12.1 Å². The van der Waals surface area contributed by atoms with Crippen LogP contribution in [0.2, 0.25) is 0 Å². The molecule has 0 saturated heterocycles. The van der Waals surface area contributed by atoms with Crippen molar-refractivity contribution in [3.05, 3.63) is 40.3 Å². The molecule has 136 valence electrons. The van der Waals surface area contributed by atoms with E-state index in [2.05, 4.69) is 15.5 Å². The number of nitro groups is 1. The second-order valence-corrected chi connectivity index (χ2v) is 6.33. The van der Waals surface area contributed by atoms with Crippen LogP contribution in [0.3, 0.4) is 0 Å². The Kier molecular flexibility index (Phi) is 6.60. The summed E-state index contributed by atoms with van der Waals surface area (Å²) in [4.78, 5) is 14.7. The van der Waals surface area contributed by atoms with Gasteiger partial charge >= 0.3 is 0 Å². The van der Waals surface area contributed by atoms with E-state index in [0.29, 0.717) is 23.8 Å². The monoisotopic (exact) mass is 348 g/mol. The van der Waals surface area contributed by atoms with E-state index in [-0.39, 0.29) is 17.6 Å². The van der Waals surface area contributed by atoms with Gasteiger partial charge in [0, 0.05) is 24.2 Å². The van der Waals surface area contributed by atoms with Gasteiger partial charge in [-0.05, 0) is 24.5 Å². The molecule has 25 heavy (non-hydrogen) atoms. The first-order valence-electron chi connectivity index (χ1n) is 8.42. The standard InChI is InChI=1S/C17H24N4O4/c1-4-5-14(22)10-18-15(11(2)3)17-19-16(20-25-17)12-6-8-13(9-7-12)21(23)24/h6-9,11,14-15,18,22H,4-5,10H2,1-3H3/t14-,15-/m0/s1. The first-order chi connectivity index (χ1) is 11.9. The van der Waals surface area contributed by atoms with E-state index < -0.39 is 11.0 Å². The largest absolute Gasteiger partial charge is 0.392 e.